The number of hydrogen-bond acceptors (Lipinski definition) is 5. The summed E-state index contributed by atoms with van der Waals surface area (Å²) >= 11 is 0. The molecule has 0 fully saturated rings. The molecule has 0 aliphatic heterocycles. The lowest BCUT2D eigenvalue weighted by atomic mass is 10.2. The summed E-state index contributed by atoms with van der Waals surface area (Å²) in [7, 11) is -3.49. The minimum Gasteiger partial charge on any atom is -0.258 e. The van der Waals surface area contributed by atoms with Gasteiger partial charge in [0.25, 0.3) is 5.69 Å². The first kappa shape index (κ1) is 18.8. The molecule has 0 aromatic heterocycles. The molecule has 0 saturated heterocycles. The van der Waals surface area contributed by atoms with Crippen LogP contribution in [0.5, 0.6) is 0 Å². The van der Waals surface area contributed by atoms with E-state index in [9.17, 15) is 18.5 Å². The predicted octanol–water partition coefficient (Wildman–Crippen LogP) is 3.38. The average molecular weight is 361 g/mol. The number of aliphatic imine (C=N–C) groups is 1. The van der Waals surface area contributed by atoms with Crippen LogP contribution in [0.15, 0.2) is 58.4 Å². The molecule has 0 atom stereocenters. The Kier molecular flexibility index (Phi) is 6.00. The van der Waals surface area contributed by atoms with Crippen LogP contribution in [-0.4, -0.2) is 37.0 Å². The van der Waals surface area contributed by atoms with E-state index in [-0.39, 0.29) is 10.6 Å². The first-order valence-electron chi connectivity index (χ1n) is 7.77. The lowest BCUT2D eigenvalue weighted by molar-refractivity contribution is -0.384. The van der Waals surface area contributed by atoms with Crippen molar-refractivity contribution in [1.82, 2.24) is 4.31 Å². The summed E-state index contributed by atoms with van der Waals surface area (Å²) in [5, 5.41) is 10.8. The molecule has 0 aliphatic carbocycles. The second-order valence-corrected chi connectivity index (χ2v) is 7.13. The number of nitro groups is 1. The van der Waals surface area contributed by atoms with Crippen molar-refractivity contribution in [1.29, 1.82) is 0 Å². The summed E-state index contributed by atoms with van der Waals surface area (Å²) in [6.07, 6.45) is 1.50. The average Bonchev–Trinajstić information content (AvgIpc) is 2.61. The van der Waals surface area contributed by atoms with Gasteiger partial charge in [0, 0.05) is 31.4 Å². The Morgan fingerprint density at radius 2 is 1.76 bits per heavy atom. The molecule has 0 aliphatic rings. The van der Waals surface area contributed by atoms with Crippen LogP contribution in [0, 0.1) is 10.1 Å². The Bertz CT molecular complexity index is 873. The summed E-state index contributed by atoms with van der Waals surface area (Å²) in [4.78, 5) is 14.7. The lowest BCUT2D eigenvalue weighted by Crippen LogP contribution is -2.30. The standard InChI is InChI=1S/C17H19N3O4S/c1-3-19(4-2)25(23,24)17-10-8-15(9-11-17)18-13-14-6-5-7-16(12-14)20(21)22/h5-13H,3-4H2,1-2H3. The predicted molar refractivity (Wildman–Crippen MR) is 96.9 cm³/mol. The monoisotopic (exact) mass is 361 g/mol. The summed E-state index contributed by atoms with van der Waals surface area (Å²) < 4.78 is 26.2. The van der Waals surface area contributed by atoms with Crippen LogP contribution < -0.4 is 0 Å². The van der Waals surface area contributed by atoms with Crippen molar-refractivity contribution in [3.05, 3.63) is 64.2 Å². The van der Waals surface area contributed by atoms with Gasteiger partial charge in [-0.05, 0) is 29.8 Å². The van der Waals surface area contributed by atoms with Crippen LogP contribution in [0.4, 0.5) is 11.4 Å². The molecule has 0 bridgehead atoms. The van der Waals surface area contributed by atoms with Crippen LogP contribution in [0.25, 0.3) is 0 Å². The Labute approximate surface area is 146 Å². The van der Waals surface area contributed by atoms with E-state index in [4.69, 9.17) is 0 Å². The number of nitrogens with zero attached hydrogens (tertiary/aromatic N) is 3. The number of hydrogen-bond donors (Lipinski definition) is 0. The van der Waals surface area contributed by atoms with Crippen LogP contribution in [0.1, 0.15) is 19.4 Å². The normalized spacial score (nSPS) is 12.0. The van der Waals surface area contributed by atoms with E-state index in [1.165, 1.54) is 34.8 Å². The zero-order valence-electron chi connectivity index (χ0n) is 14.0. The fourth-order valence-corrected chi connectivity index (χ4v) is 3.74. The molecule has 0 N–H and O–H groups in total. The first-order valence-corrected chi connectivity index (χ1v) is 9.21. The first-order chi connectivity index (χ1) is 11.9. The smallest absolute Gasteiger partial charge is 0.258 e. The molecule has 0 amide bonds. The molecule has 2 aromatic carbocycles. The minimum absolute atomic E-state index is 0.00962. The van der Waals surface area contributed by atoms with Crippen molar-refractivity contribution in [2.75, 3.05) is 13.1 Å². The van der Waals surface area contributed by atoms with Gasteiger partial charge in [0.2, 0.25) is 10.0 Å². The van der Waals surface area contributed by atoms with Gasteiger partial charge >= 0.3 is 0 Å². The molecule has 0 spiro atoms. The maximum atomic E-state index is 12.4. The van der Waals surface area contributed by atoms with Crippen molar-refractivity contribution < 1.29 is 13.3 Å². The maximum Gasteiger partial charge on any atom is 0.270 e. The zero-order valence-corrected chi connectivity index (χ0v) is 14.8. The van der Waals surface area contributed by atoms with E-state index in [1.54, 1.807) is 38.1 Å². The van der Waals surface area contributed by atoms with Gasteiger partial charge < -0.3 is 0 Å². The van der Waals surface area contributed by atoms with Crippen LogP contribution in [0.2, 0.25) is 0 Å². The van der Waals surface area contributed by atoms with E-state index >= 15 is 0 Å². The third-order valence-electron chi connectivity index (χ3n) is 3.62. The molecular formula is C17H19N3O4S. The Morgan fingerprint density at radius 1 is 1.12 bits per heavy atom. The molecule has 0 saturated carbocycles. The number of non-ortho nitro benzene ring substituents is 1. The maximum absolute atomic E-state index is 12.4. The van der Waals surface area contributed by atoms with Gasteiger partial charge in [0.15, 0.2) is 0 Å². The van der Waals surface area contributed by atoms with Crippen molar-refractivity contribution in [2.45, 2.75) is 18.7 Å². The van der Waals surface area contributed by atoms with Gasteiger partial charge in [-0.1, -0.05) is 26.0 Å². The van der Waals surface area contributed by atoms with Gasteiger partial charge in [0.1, 0.15) is 0 Å². The molecule has 2 aromatic rings. The highest BCUT2D eigenvalue weighted by Crippen LogP contribution is 2.20. The summed E-state index contributed by atoms with van der Waals surface area (Å²) in [5.41, 5.74) is 1.14. The molecule has 8 heteroatoms. The van der Waals surface area contributed by atoms with E-state index in [1.807, 2.05) is 0 Å². The molecule has 2 rings (SSSR count). The Morgan fingerprint density at radius 3 is 2.32 bits per heavy atom. The molecular weight excluding hydrogens is 342 g/mol. The molecule has 132 valence electrons. The van der Waals surface area contributed by atoms with Crippen molar-refractivity contribution >= 4 is 27.6 Å². The lowest BCUT2D eigenvalue weighted by Gasteiger charge is -2.18. The number of sulfonamides is 1. The van der Waals surface area contributed by atoms with E-state index in [0.717, 1.165) is 0 Å². The molecule has 0 radical (unpaired) electrons. The summed E-state index contributed by atoms with van der Waals surface area (Å²) in [5.74, 6) is 0. The quantitative estimate of drug-likeness (QED) is 0.429. The number of nitro benzene ring substituents is 1. The van der Waals surface area contributed by atoms with E-state index in [2.05, 4.69) is 4.99 Å². The number of benzene rings is 2. The highest BCUT2D eigenvalue weighted by Gasteiger charge is 2.20. The molecule has 0 unspecified atom stereocenters. The minimum atomic E-state index is -3.49. The largest absolute Gasteiger partial charge is 0.270 e. The van der Waals surface area contributed by atoms with Gasteiger partial charge in [-0.2, -0.15) is 4.31 Å². The summed E-state index contributed by atoms with van der Waals surface area (Å²) in [6.45, 7) is 4.40. The highest BCUT2D eigenvalue weighted by atomic mass is 32.2. The van der Waals surface area contributed by atoms with E-state index in [0.29, 0.717) is 24.3 Å². The van der Waals surface area contributed by atoms with Crippen LogP contribution >= 0.6 is 0 Å². The van der Waals surface area contributed by atoms with Crippen LogP contribution in [-0.2, 0) is 10.0 Å². The third-order valence-corrected chi connectivity index (χ3v) is 5.69. The Hall–Kier alpha value is -2.58. The van der Waals surface area contributed by atoms with E-state index < -0.39 is 14.9 Å². The zero-order chi connectivity index (χ0) is 18.4. The van der Waals surface area contributed by atoms with Gasteiger partial charge in [-0.15, -0.1) is 0 Å². The van der Waals surface area contributed by atoms with Gasteiger partial charge in [-0.25, -0.2) is 8.42 Å². The fourth-order valence-electron chi connectivity index (χ4n) is 2.28. The van der Waals surface area contributed by atoms with Crippen molar-refractivity contribution in [3.63, 3.8) is 0 Å². The topological polar surface area (TPSA) is 92.9 Å². The molecule has 0 heterocycles. The van der Waals surface area contributed by atoms with Crippen molar-refractivity contribution in [2.24, 2.45) is 4.99 Å². The highest BCUT2D eigenvalue weighted by molar-refractivity contribution is 7.89. The second kappa shape index (κ2) is 8.00. The second-order valence-electron chi connectivity index (χ2n) is 5.19. The third kappa shape index (κ3) is 4.49. The van der Waals surface area contributed by atoms with Crippen LogP contribution in [0.3, 0.4) is 0 Å². The fraction of sp³-hybridized carbons (Fsp3) is 0.235. The summed E-state index contributed by atoms with van der Waals surface area (Å²) in [6, 6.07) is 12.3. The molecule has 25 heavy (non-hydrogen) atoms. The van der Waals surface area contributed by atoms with Gasteiger partial charge in [0.05, 0.1) is 15.5 Å². The SMILES string of the molecule is CCN(CC)S(=O)(=O)c1ccc(N=Cc2cccc([N+](=O)[O-])c2)cc1. The van der Waals surface area contributed by atoms with Gasteiger partial charge in [-0.3, -0.25) is 15.1 Å². The molecule has 7 nitrogen and oxygen atoms in total. The number of rotatable bonds is 7. The van der Waals surface area contributed by atoms with Crippen molar-refractivity contribution in [3.8, 4) is 0 Å². The Balaban J connectivity index is 2.21.